The number of halogens is 1. The van der Waals surface area contributed by atoms with E-state index < -0.39 is 0 Å². The summed E-state index contributed by atoms with van der Waals surface area (Å²) in [6, 6.07) is 6.13. The molecular weight excluding hydrogens is 242 g/mol. The summed E-state index contributed by atoms with van der Waals surface area (Å²) in [5, 5.41) is 0. The SMILES string of the molecule is COC/C=C/c1cc(Br)cc(CN)c1. The molecule has 2 N–H and O–H groups in total. The lowest BCUT2D eigenvalue weighted by Gasteiger charge is -2.01. The van der Waals surface area contributed by atoms with Crippen LogP contribution in [0, 0.1) is 0 Å². The number of methoxy groups -OCH3 is 1. The molecule has 0 radical (unpaired) electrons. The van der Waals surface area contributed by atoms with Crippen LogP contribution in [0.4, 0.5) is 0 Å². The summed E-state index contributed by atoms with van der Waals surface area (Å²) in [6.07, 6.45) is 4.00. The Morgan fingerprint density at radius 2 is 2.21 bits per heavy atom. The molecule has 1 aromatic rings. The Kier molecular flexibility index (Phi) is 4.87. The zero-order valence-corrected chi connectivity index (χ0v) is 9.75. The van der Waals surface area contributed by atoms with E-state index in [9.17, 15) is 0 Å². The van der Waals surface area contributed by atoms with E-state index in [1.807, 2.05) is 24.3 Å². The summed E-state index contributed by atoms with van der Waals surface area (Å²) in [5.41, 5.74) is 7.83. The fourth-order valence-corrected chi connectivity index (χ4v) is 1.73. The van der Waals surface area contributed by atoms with E-state index in [1.165, 1.54) is 0 Å². The van der Waals surface area contributed by atoms with Gasteiger partial charge in [0.2, 0.25) is 0 Å². The van der Waals surface area contributed by atoms with Crippen LogP contribution in [0.5, 0.6) is 0 Å². The number of hydrogen-bond acceptors (Lipinski definition) is 2. The lowest BCUT2D eigenvalue weighted by molar-refractivity contribution is 0.234. The average molecular weight is 256 g/mol. The fourth-order valence-electron chi connectivity index (χ4n) is 1.17. The predicted octanol–water partition coefficient (Wildman–Crippen LogP) is 2.57. The van der Waals surface area contributed by atoms with Crippen molar-refractivity contribution in [3.05, 3.63) is 39.9 Å². The Labute approximate surface area is 92.9 Å². The van der Waals surface area contributed by atoms with Gasteiger partial charge in [-0.25, -0.2) is 0 Å². The van der Waals surface area contributed by atoms with Crippen molar-refractivity contribution in [3.63, 3.8) is 0 Å². The molecule has 0 aliphatic carbocycles. The van der Waals surface area contributed by atoms with Crippen LogP contribution in [0.15, 0.2) is 28.7 Å². The molecular formula is C11H14BrNO. The van der Waals surface area contributed by atoms with E-state index in [-0.39, 0.29) is 0 Å². The van der Waals surface area contributed by atoms with Crippen molar-refractivity contribution in [1.82, 2.24) is 0 Å². The maximum atomic E-state index is 5.57. The first-order valence-corrected chi connectivity index (χ1v) is 5.20. The van der Waals surface area contributed by atoms with E-state index in [1.54, 1.807) is 7.11 Å². The zero-order chi connectivity index (χ0) is 10.4. The van der Waals surface area contributed by atoms with Crippen LogP contribution in [0.1, 0.15) is 11.1 Å². The van der Waals surface area contributed by atoms with E-state index in [4.69, 9.17) is 10.5 Å². The van der Waals surface area contributed by atoms with Gasteiger partial charge in [0.25, 0.3) is 0 Å². The number of benzene rings is 1. The van der Waals surface area contributed by atoms with Gasteiger partial charge < -0.3 is 10.5 Å². The van der Waals surface area contributed by atoms with Crippen molar-refractivity contribution in [2.45, 2.75) is 6.54 Å². The lowest BCUT2D eigenvalue weighted by atomic mass is 10.1. The first-order valence-electron chi connectivity index (χ1n) is 4.41. The predicted molar refractivity (Wildman–Crippen MR) is 62.9 cm³/mol. The Morgan fingerprint density at radius 1 is 1.43 bits per heavy atom. The van der Waals surface area contributed by atoms with E-state index in [0.717, 1.165) is 15.6 Å². The molecule has 1 aromatic carbocycles. The number of ether oxygens (including phenoxy) is 1. The summed E-state index contributed by atoms with van der Waals surface area (Å²) in [4.78, 5) is 0. The normalized spacial score (nSPS) is 11.1. The van der Waals surface area contributed by atoms with Crippen molar-refractivity contribution >= 4 is 22.0 Å². The Morgan fingerprint density at radius 3 is 2.86 bits per heavy atom. The average Bonchev–Trinajstić information content (AvgIpc) is 2.17. The number of hydrogen-bond donors (Lipinski definition) is 1. The highest BCUT2D eigenvalue weighted by Crippen LogP contribution is 2.16. The molecule has 0 spiro atoms. The quantitative estimate of drug-likeness (QED) is 0.898. The highest BCUT2D eigenvalue weighted by atomic mass is 79.9. The third-order valence-electron chi connectivity index (χ3n) is 1.79. The zero-order valence-electron chi connectivity index (χ0n) is 8.16. The molecule has 0 aliphatic heterocycles. The van der Waals surface area contributed by atoms with Crippen molar-refractivity contribution in [1.29, 1.82) is 0 Å². The molecule has 0 atom stereocenters. The van der Waals surface area contributed by atoms with E-state index in [2.05, 4.69) is 22.0 Å². The van der Waals surface area contributed by atoms with E-state index >= 15 is 0 Å². The van der Waals surface area contributed by atoms with Crippen LogP contribution in [0.2, 0.25) is 0 Å². The third kappa shape index (κ3) is 3.62. The molecule has 0 amide bonds. The van der Waals surface area contributed by atoms with Crippen LogP contribution in [-0.4, -0.2) is 13.7 Å². The second kappa shape index (κ2) is 5.96. The summed E-state index contributed by atoms with van der Waals surface area (Å²) in [5.74, 6) is 0. The van der Waals surface area contributed by atoms with Crippen molar-refractivity contribution < 1.29 is 4.74 Å². The fraction of sp³-hybridized carbons (Fsp3) is 0.273. The van der Waals surface area contributed by atoms with Crippen molar-refractivity contribution in [2.24, 2.45) is 5.73 Å². The largest absolute Gasteiger partial charge is 0.381 e. The molecule has 0 heterocycles. The minimum atomic E-state index is 0.560. The molecule has 0 aliphatic rings. The summed E-state index contributed by atoms with van der Waals surface area (Å²) in [6.45, 7) is 1.19. The molecule has 0 unspecified atom stereocenters. The second-order valence-electron chi connectivity index (χ2n) is 2.95. The van der Waals surface area contributed by atoms with Gasteiger partial charge in [-0.2, -0.15) is 0 Å². The molecule has 3 heteroatoms. The Hall–Kier alpha value is -0.640. The summed E-state index contributed by atoms with van der Waals surface area (Å²) >= 11 is 3.44. The lowest BCUT2D eigenvalue weighted by Crippen LogP contribution is -1.96. The molecule has 0 bridgehead atoms. The molecule has 0 saturated carbocycles. The van der Waals surface area contributed by atoms with Gasteiger partial charge in [-0.1, -0.05) is 34.1 Å². The molecule has 76 valence electrons. The van der Waals surface area contributed by atoms with Crippen LogP contribution in [0.3, 0.4) is 0 Å². The summed E-state index contributed by atoms with van der Waals surface area (Å²) < 4.78 is 5.98. The highest BCUT2D eigenvalue weighted by Gasteiger charge is 1.95. The van der Waals surface area contributed by atoms with Crippen LogP contribution in [-0.2, 0) is 11.3 Å². The molecule has 0 aromatic heterocycles. The van der Waals surface area contributed by atoms with Crippen LogP contribution in [0.25, 0.3) is 6.08 Å². The smallest absolute Gasteiger partial charge is 0.0646 e. The molecule has 0 saturated heterocycles. The minimum Gasteiger partial charge on any atom is -0.381 e. The maximum absolute atomic E-state index is 5.57. The third-order valence-corrected chi connectivity index (χ3v) is 2.25. The monoisotopic (exact) mass is 255 g/mol. The van der Waals surface area contributed by atoms with Gasteiger partial charge in [-0.3, -0.25) is 0 Å². The number of rotatable bonds is 4. The Balaban J connectivity index is 2.81. The van der Waals surface area contributed by atoms with Crippen molar-refractivity contribution in [3.8, 4) is 0 Å². The van der Waals surface area contributed by atoms with Gasteiger partial charge in [0.15, 0.2) is 0 Å². The van der Waals surface area contributed by atoms with Gasteiger partial charge in [-0.15, -0.1) is 0 Å². The first-order chi connectivity index (χ1) is 6.76. The summed E-state index contributed by atoms with van der Waals surface area (Å²) in [7, 11) is 1.68. The molecule has 2 nitrogen and oxygen atoms in total. The van der Waals surface area contributed by atoms with Gasteiger partial charge in [0, 0.05) is 18.1 Å². The first kappa shape index (κ1) is 11.4. The van der Waals surface area contributed by atoms with Gasteiger partial charge >= 0.3 is 0 Å². The standard InChI is InChI=1S/C11H14BrNO/c1-14-4-2-3-9-5-10(8-13)7-11(12)6-9/h2-3,5-7H,4,8,13H2,1H3/b3-2+. The second-order valence-corrected chi connectivity index (χ2v) is 3.87. The van der Waals surface area contributed by atoms with Gasteiger partial charge in [0.05, 0.1) is 6.61 Å². The molecule has 0 fully saturated rings. The Bertz CT molecular complexity index is 323. The molecule has 14 heavy (non-hydrogen) atoms. The maximum Gasteiger partial charge on any atom is 0.0646 e. The van der Waals surface area contributed by atoms with Crippen LogP contribution < -0.4 is 5.73 Å². The van der Waals surface area contributed by atoms with Gasteiger partial charge in [-0.05, 0) is 23.3 Å². The topological polar surface area (TPSA) is 35.2 Å². The van der Waals surface area contributed by atoms with E-state index in [0.29, 0.717) is 13.2 Å². The number of nitrogens with two attached hydrogens (primary N) is 1. The van der Waals surface area contributed by atoms with Crippen LogP contribution >= 0.6 is 15.9 Å². The van der Waals surface area contributed by atoms with Crippen molar-refractivity contribution in [2.75, 3.05) is 13.7 Å². The minimum absolute atomic E-state index is 0.560. The highest BCUT2D eigenvalue weighted by molar-refractivity contribution is 9.10. The van der Waals surface area contributed by atoms with Gasteiger partial charge in [0.1, 0.15) is 0 Å². The molecule has 1 rings (SSSR count).